The number of nitrogens with one attached hydrogen (secondary N) is 1. The molecule has 1 saturated carbocycles. The number of hydrogen-bond donors (Lipinski definition) is 1. The number of halogens is 2. The highest BCUT2D eigenvalue weighted by Crippen LogP contribution is 2.35. The van der Waals surface area contributed by atoms with Gasteiger partial charge in [0, 0.05) is 12.6 Å². The predicted molar refractivity (Wildman–Crippen MR) is 83.8 cm³/mol. The van der Waals surface area contributed by atoms with Crippen molar-refractivity contribution in [2.24, 2.45) is 0 Å². The summed E-state index contributed by atoms with van der Waals surface area (Å²) < 4.78 is 11.9. The van der Waals surface area contributed by atoms with Gasteiger partial charge in [0.1, 0.15) is 5.75 Å². The van der Waals surface area contributed by atoms with E-state index in [9.17, 15) is 4.79 Å². The highest BCUT2D eigenvalue weighted by molar-refractivity contribution is 9.11. The van der Waals surface area contributed by atoms with Crippen LogP contribution in [0.25, 0.3) is 0 Å². The number of carbonyl (C=O) groups is 1. The zero-order valence-electron chi connectivity index (χ0n) is 11.4. The lowest BCUT2D eigenvalue weighted by molar-refractivity contribution is -0.147. The summed E-state index contributed by atoms with van der Waals surface area (Å²) in [6.45, 7) is 2.49. The first-order chi connectivity index (χ1) is 9.51. The molecule has 1 aliphatic carbocycles. The minimum atomic E-state index is -0.650. The van der Waals surface area contributed by atoms with Gasteiger partial charge in [-0.3, -0.25) is 0 Å². The molecule has 1 aromatic carbocycles. The largest absolute Gasteiger partial charge is 0.477 e. The van der Waals surface area contributed by atoms with Gasteiger partial charge in [0.05, 0.1) is 16.1 Å². The molecule has 0 heterocycles. The second-order valence-electron chi connectivity index (χ2n) is 4.83. The third-order valence-corrected chi connectivity index (χ3v) is 4.24. The molecule has 1 unspecified atom stereocenters. The molecule has 1 N–H and O–H groups in total. The van der Waals surface area contributed by atoms with Crippen LogP contribution in [0.2, 0.25) is 0 Å². The Balaban J connectivity index is 2.06. The van der Waals surface area contributed by atoms with E-state index >= 15 is 0 Å². The maximum absolute atomic E-state index is 11.4. The van der Waals surface area contributed by atoms with Crippen LogP contribution in [-0.4, -0.2) is 25.2 Å². The van der Waals surface area contributed by atoms with Crippen molar-refractivity contribution in [2.75, 3.05) is 7.11 Å². The van der Waals surface area contributed by atoms with Gasteiger partial charge in [-0.05, 0) is 69.3 Å². The van der Waals surface area contributed by atoms with Crippen LogP contribution in [0.4, 0.5) is 0 Å². The Bertz CT molecular complexity index is 480. The van der Waals surface area contributed by atoms with Gasteiger partial charge in [0.15, 0.2) is 6.10 Å². The minimum absolute atomic E-state index is 0.400. The smallest absolute Gasteiger partial charge is 0.346 e. The fourth-order valence-electron chi connectivity index (χ4n) is 1.77. The van der Waals surface area contributed by atoms with E-state index in [1.54, 1.807) is 6.92 Å². The van der Waals surface area contributed by atoms with Crippen LogP contribution in [-0.2, 0) is 16.1 Å². The molecule has 0 bridgehead atoms. The van der Waals surface area contributed by atoms with E-state index in [-0.39, 0.29) is 0 Å². The summed E-state index contributed by atoms with van der Waals surface area (Å²) >= 11 is 6.97. The fourth-order valence-corrected chi connectivity index (χ4v) is 3.24. The molecule has 1 aliphatic rings. The number of carbonyl (C=O) groups excluding carboxylic acids is 1. The number of rotatable bonds is 6. The maximum Gasteiger partial charge on any atom is 0.346 e. The van der Waals surface area contributed by atoms with Crippen LogP contribution in [0, 0.1) is 0 Å². The average molecular weight is 407 g/mol. The van der Waals surface area contributed by atoms with Gasteiger partial charge in [0.2, 0.25) is 0 Å². The number of benzene rings is 1. The van der Waals surface area contributed by atoms with Gasteiger partial charge >= 0.3 is 5.97 Å². The lowest BCUT2D eigenvalue weighted by Gasteiger charge is -2.16. The Hall–Kier alpha value is -0.590. The summed E-state index contributed by atoms with van der Waals surface area (Å²) in [5, 5.41) is 3.46. The van der Waals surface area contributed by atoms with Crippen molar-refractivity contribution in [2.45, 2.75) is 38.5 Å². The third kappa shape index (κ3) is 4.20. The first-order valence-electron chi connectivity index (χ1n) is 6.47. The van der Waals surface area contributed by atoms with E-state index in [0.29, 0.717) is 11.8 Å². The van der Waals surface area contributed by atoms with Crippen molar-refractivity contribution in [3.05, 3.63) is 26.6 Å². The van der Waals surface area contributed by atoms with E-state index in [2.05, 4.69) is 41.9 Å². The summed E-state index contributed by atoms with van der Waals surface area (Å²) in [5.41, 5.74) is 1.16. The average Bonchev–Trinajstić information content (AvgIpc) is 3.23. The van der Waals surface area contributed by atoms with E-state index in [4.69, 9.17) is 4.74 Å². The molecule has 1 atom stereocenters. The molecule has 0 aromatic heterocycles. The number of esters is 1. The maximum atomic E-state index is 11.4. The Labute approximate surface area is 135 Å². The van der Waals surface area contributed by atoms with Gasteiger partial charge in [-0.25, -0.2) is 4.79 Å². The first kappa shape index (κ1) is 15.8. The standard InChI is InChI=1S/C14H17Br2NO3/c1-8(14(18)19-2)20-13-11(15)5-9(6-12(13)16)7-17-10-3-4-10/h5-6,8,10,17H,3-4,7H2,1-2H3. The van der Waals surface area contributed by atoms with Crippen LogP contribution in [0.5, 0.6) is 5.75 Å². The molecule has 0 spiro atoms. The zero-order valence-corrected chi connectivity index (χ0v) is 14.6. The molecule has 2 rings (SSSR count). The molecule has 6 heteroatoms. The van der Waals surface area contributed by atoms with Crippen LogP contribution >= 0.6 is 31.9 Å². The Kier molecular flexibility index (Phi) is 5.46. The molecule has 20 heavy (non-hydrogen) atoms. The fraction of sp³-hybridized carbons (Fsp3) is 0.500. The van der Waals surface area contributed by atoms with Crippen LogP contribution in [0.3, 0.4) is 0 Å². The number of hydrogen-bond acceptors (Lipinski definition) is 4. The van der Waals surface area contributed by atoms with Crippen LogP contribution in [0.15, 0.2) is 21.1 Å². The lowest BCUT2D eigenvalue weighted by Crippen LogP contribution is -2.25. The van der Waals surface area contributed by atoms with E-state index in [0.717, 1.165) is 21.1 Å². The molecule has 0 aliphatic heterocycles. The SMILES string of the molecule is COC(=O)C(C)Oc1c(Br)cc(CNC2CC2)cc1Br. The highest BCUT2D eigenvalue weighted by atomic mass is 79.9. The van der Waals surface area contributed by atoms with Gasteiger partial charge in [-0.2, -0.15) is 0 Å². The summed E-state index contributed by atoms with van der Waals surface area (Å²) in [4.78, 5) is 11.4. The summed E-state index contributed by atoms with van der Waals surface area (Å²) in [5.74, 6) is 0.210. The monoisotopic (exact) mass is 405 g/mol. The van der Waals surface area contributed by atoms with Crippen molar-refractivity contribution in [3.63, 3.8) is 0 Å². The number of methoxy groups -OCH3 is 1. The Morgan fingerprint density at radius 1 is 1.40 bits per heavy atom. The van der Waals surface area contributed by atoms with Crippen molar-refractivity contribution >= 4 is 37.8 Å². The summed E-state index contributed by atoms with van der Waals surface area (Å²) in [7, 11) is 1.35. The molecule has 0 radical (unpaired) electrons. The molecule has 4 nitrogen and oxygen atoms in total. The summed E-state index contributed by atoms with van der Waals surface area (Å²) in [6, 6.07) is 4.67. The van der Waals surface area contributed by atoms with E-state index in [1.807, 2.05) is 12.1 Å². The zero-order chi connectivity index (χ0) is 14.7. The van der Waals surface area contributed by atoms with Crippen molar-refractivity contribution in [3.8, 4) is 5.75 Å². The summed E-state index contributed by atoms with van der Waals surface area (Å²) in [6.07, 6.45) is 1.88. The van der Waals surface area contributed by atoms with Crippen molar-refractivity contribution in [1.82, 2.24) is 5.32 Å². The quantitative estimate of drug-likeness (QED) is 0.735. The molecule has 0 saturated heterocycles. The minimum Gasteiger partial charge on any atom is -0.477 e. The third-order valence-electron chi connectivity index (χ3n) is 3.06. The molecule has 1 aromatic rings. The van der Waals surface area contributed by atoms with Gasteiger partial charge in [-0.15, -0.1) is 0 Å². The van der Waals surface area contributed by atoms with Crippen LogP contribution < -0.4 is 10.1 Å². The molecule has 0 amide bonds. The normalized spacial score (nSPS) is 15.8. The second-order valence-corrected chi connectivity index (χ2v) is 6.54. The van der Waals surface area contributed by atoms with Gasteiger partial charge < -0.3 is 14.8 Å². The van der Waals surface area contributed by atoms with Crippen molar-refractivity contribution < 1.29 is 14.3 Å². The second kappa shape index (κ2) is 6.91. The molecule has 110 valence electrons. The highest BCUT2D eigenvalue weighted by Gasteiger charge is 2.21. The van der Waals surface area contributed by atoms with Crippen molar-refractivity contribution in [1.29, 1.82) is 0 Å². The Morgan fingerprint density at radius 3 is 2.50 bits per heavy atom. The van der Waals surface area contributed by atoms with E-state index < -0.39 is 12.1 Å². The molecular formula is C14H17Br2NO3. The molecule has 1 fully saturated rings. The predicted octanol–water partition coefficient (Wildman–Crippen LogP) is 3.40. The lowest BCUT2D eigenvalue weighted by atomic mass is 10.2. The van der Waals surface area contributed by atoms with E-state index in [1.165, 1.54) is 20.0 Å². The first-order valence-corrected chi connectivity index (χ1v) is 8.05. The Morgan fingerprint density at radius 2 is 2.00 bits per heavy atom. The van der Waals surface area contributed by atoms with Crippen LogP contribution in [0.1, 0.15) is 25.3 Å². The molecular weight excluding hydrogens is 390 g/mol. The topological polar surface area (TPSA) is 47.6 Å². The van der Waals surface area contributed by atoms with Gasteiger partial charge in [0.25, 0.3) is 0 Å². The number of ether oxygens (including phenoxy) is 2. The van der Waals surface area contributed by atoms with Gasteiger partial charge in [-0.1, -0.05) is 0 Å².